The van der Waals surface area contributed by atoms with Gasteiger partial charge in [0.05, 0.1) is 18.0 Å². The number of carbonyl (C=O) groups excluding carboxylic acids is 1. The maximum Gasteiger partial charge on any atom is 0.246 e. The number of aromatic nitrogens is 1. The summed E-state index contributed by atoms with van der Waals surface area (Å²) < 4.78 is 12.8. The Kier molecular flexibility index (Phi) is 20.1. The molecule has 10 nitrogen and oxygen atoms in total. The zero-order chi connectivity index (χ0) is 41.7. The number of ether oxygens (including phenoxy) is 2. The Hall–Kier alpha value is -4.96. The molecule has 1 N–H and O–H groups in total. The number of hydrogen-bond donors (Lipinski definition) is 1. The van der Waals surface area contributed by atoms with Crippen LogP contribution in [0.15, 0.2) is 94.7 Å². The summed E-state index contributed by atoms with van der Waals surface area (Å²) in [5.74, 6) is 3.70. The van der Waals surface area contributed by atoms with Crippen molar-refractivity contribution < 1.29 is 14.3 Å². The van der Waals surface area contributed by atoms with Crippen LogP contribution in [0.3, 0.4) is 0 Å². The summed E-state index contributed by atoms with van der Waals surface area (Å²) in [5, 5.41) is 9.80. The first-order valence-electron chi connectivity index (χ1n) is 20.8. The van der Waals surface area contributed by atoms with E-state index < -0.39 is 0 Å². The van der Waals surface area contributed by atoms with Gasteiger partial charge in [0.25, 0.3) is 0 Å². The van der Waals surface area contributed by atoms with Crippen LogP contribution >= 0.6 is 0 Å². The number of amidine groups is 1. The molecule has 0 bridgehead atoms. The molecule has 0 aliphatic carbocycles. The second-order valence-corrected chi connectivity index (χ2v) is 15.1. The number of likely N-dealkylation sites (N-methyl/N-ethyl adjacent to an activating group) is 1. The number of pyridine rings is 1. The smallest absolute Gasteiger partial charge is 0.246 e. The van der Waals surface area contributed by atoms with E-state index in [0.717, 1.165) is 103 Å². The number of anilines is 1. The van der Waals surface area contributed by atoms with Crippen LogP contribution in [0.5, 0.6) is 11.5 Å². The van der Waals surface area contributed by atoms with Gasteiger partial charge in [0.1, 0.15) is 23.0 Å². The minimum absolute atomic E-state index is 0.0630. The summed E-state index contributed by atoms with van der Waals surface area (Å²) in [6.45, 7) is 21.4. The Morgan fingerprint density at radius 3 is 2.49 bits per heavy atom. The van der Waals surface area contributed by atoms with Crippen molar-refractivity contribution in [3.05, 3.63) is 107 Å². The van der Waals surface area contributed by atoms with Crippen LogP contribution < -0.4 is 14.8 Å². The van der Waals surface area contributed by atoms with Gasteiger partial charge in [-0.05, 0) is 115 Å². The third kappa shape index (κ3) is 15.5. The van der Waals surface area contributed by atoms with Gasteiger partial charge in [0, 0.05) is 62.0 Å². The maximum absolute atomic E-state index is 13.3. The fraction of sp³-hybridized carbons (Fsp3) is 0.489. The first kappa shape index (κ1) is 46.4. The fourth-order valence-electron chi connectivity index (χ4n) is 6.00. The minimum atomic E-state index is 0.0630. The monoisotopic (exact) mass is 780 g/mol. The van der Waals surface area contributed by atoms with Gasteiger partial charge >= 0.3 is 0 Å². The largest absolute Gasteiger partial charge is 0.491 e. The Morgan fingerprint density at radius 1 is 1.04 bits per heavy atom. The Labute approximate surface area is 343 Å². The third-order valence-electron chi connectivity index (χ3n) is 9.76. The quantitative estimate of drug-likeness (QED) is 0.0722. The number of unbranched alkanes of at least 4 members (excludes halogenated alkanes) is 1. The van der Waals surface area contributed by atoms with Crippen LogP contribution in [0.2, 0.25) is 0 Å². The molecule has 2 heterocycles. The number of hydrazone groups is 1. The molecule has 1 amide bonds. The lowest BCUT2D eigenvalue weighted by Gasteiger charge is -2.28. The van der Waals surface area contributed by atoms with Crippen molar-refractivity contribution in [3.8, 4) is 11.5 Å². The number of benzene rings is 1. The SMILES string of the molecule is C/C=N\N1C=CC(Oc2ccc(NC(=N/C=C/CCC)c3nc(C)c(OCC(CC)CN(CCC(C)CC)C(=O)/C=C/CN(C)C)cc3C)cc2C)=C/C1=C\CC. The zero-order valence-electron chi connectivity index (χ0n) is 36.6. The molecule has 2 unspecified atom stereocenters. The molecule has 1 aromatic carbocycles. The van der Waals surface area contributed by atoms with Crippen molar-refractivity contribution in [2.45, 2.75) is 101 Å². The lowest BCUT2D eigenvalue weighted by molar-refractivity contribution is -0.127. The van der Waals surface area contributed by atoms with Gasteiger partial charge < -0.3 is 24.6 Å². The van der Waals surface area contributed by atoms with E-state index in [4.69, 9.17) is 19.5 Å². The van der Waals surface area contributed by atoms with Crippen LogP contribution in [0.1, 0.15) is 103 Å². The van der Waals surface area contributed by atoms with Crippen LogP contribution in [-0.2, 0) is 4.79 Å². The van der Waals surface area contributed by atoms with E-state index in [1.807, 2.05) is 99.4 Å². The molecule has 0 radical (unpaired) electrons. The molecule has 0 saturated carbocycles. The third-order valence-corrected chi connectivity index (χ3v) is 9.76. The Balaban J connectivity index is 1.80. The van der Waals surface area contributed by atoms with E-state index >= 15 is 0 Å². The normalized spacial score (nSPS) is 15.3. The number of nitrogens with zero attached hydrogens (tertiary/aromatic N) is 6. The zero-order valence-corrected chi connectivity index (χ0v) is 36.6. The second kappa shape index (κ2) is 24.6. The van der Waals surface area contributed by atoms with Gasteiger partial charge in [-0.2, -0.15) is 5.10 Å². The molecule has 1 aliphatic rings. The van der Waals surface area contributed by atoms with E-state index in [1.165, 1.54) is 0 Å². The van der Waals surface area contributed by atoms with Crippen molar-refractivity contribution in [1.82, 2.24) is 19.8 Å². The first-order chi connectivity index (χ1) is 27.4. The van der Waals surface area contributed by atoms with Crippen LogP contribution in [0, 0.1) is 32.6 Å². The molecule has 2 aromatic rings. The molecule has 1 aromatic heterocycles. The van der Waals surface area contributed by atoms with Crippen molar-refractivity contribution in [2.75, 3.05) is 45.7 Å². The van der Waals surface area contributed by atoms with Crippen molar-refractivity contribution >= 4 is 23.6 Å². The number of allylic oxidation sites excluding steroid dienone is 4. The van der Waals surface area contributed by atoms with E-state index in [0.29, 0.717) is 24.9 Å². The van der Waals surface area contributed by atoms with Crippen molar-refractivity contribution in [2.24, 2.45) is 21.9 Å². The Bertz CT molecular complexity index is 1800. The van der Waals surface area contributed by atoms with Crippen LogP contribution in [0.4, 0.5) is 5.69 Å². The average molecular weight is 780 g/mol. The molecule has 3 rings (SSSR count). The van der Waals surface area contributed by atoms with Gasteiger partial charge in [0.15, 0.2) is 5.84 Å². The first-order valence-corrected chi connectivity index (χ1v) is 20.8. The summed E-state index contributed by atoms with van der Waals surface area (Å²) in [4.78, 5) is 27.2. The van der Waals surface area contributed by atoms with Gasteiger partial charge in [0.2, 0.25) is 5.91 Å². The number of rotatable bonds is 22. The predicted molar refractivity (Wildman–Crippen MR) is 239 cm³/mol. The summed E-state index contributed by atoms with van der Waals surface area (Å²) >= 11 is 0. The predicted octanol–water partition coefficient (Wildman–Crippen LogP) is 10.4. The second-order valence-electron chi connectivity index (χ2n) is 15.1. The molecule has 0 spiro atoms. The number of nitrogens with one attached hydrogen (secondary N) is 1. The highest BCUT2D eigenvalue weighted by Crippen LogP contribution is 2.28. The van der Waals surface area contributed by atoms with Crippen molar-refractivity contribution in [1.29, 1.82) is 0 Å². The highest BCUT2D eigenvalue weighted by atomic mass is 16.5. The van der Waals surface area contributed by atoms with Crippen molar-refractivity contribution in [3.63, 3.8) is 0 Å². The van der Waals surface area contributed by atoms with E-state index in [1.54, 1.807) is 12.3 Å². The van der Waals surface area contributed by atoms with Gasteiger partial charge in [-0.1, -0.05) is 65.7 Å². The number of amides is 1. The molecule has 1 aliphatic heterocycles. The van der Waals surface area contributed by atoms with E-state index in [9.17, 15) is 4.79 Å². The lowest BCUT2D eigenvalue weighted by atomic mass is 10.0. The molecule has 310 valence electrons. The lowest BCUT2D eigenvalue weighted by Crippen LogP contribution is -2.37. The minimum Gasteiger partial charge on any atom is -0.491 e. The van der Waals surface area contributed by atoms with E-state index in [-0.39, 0.29) is 11.8 Å². The highest BCUT2D eigenvalue weighted by Gasteiger charge is 2.20. The molecule has 2 atom stereocenters. The molecule has 0 fully saturated rings. The van der Waals surface area contributed by atoms with Crippen LogP contribution in [-0.4, -0.2) is 78.1 Å². The summed E-state index contributed by atoms with van der Waals surface area (Å²) in [6, 6.07) is 8.08. The summed E-state index contributed by atoms with van der Waals surface area (Å²) in [7, 11) is 4.00. The molecule has 0 saturated heterocycles. The standard InChI is InChI=1S/C47H69N7O3/c1-12-17-18-26-48-47(51-40-22-23-43(36(7)30-40)57-42-25-29-54(49-16-5)41(32-42)20-13-2)46-37(8)31-44(38(9)50-46)56-34-39(15-4)33-53(28-24-35(6)14-3)45(55)21-19-27-52(10)11/h16,18-23,25-26,29-32,35,39H,12-15,17,24,27-28,33-34H2,1-11H3,(H,48,51)/b21-19+,26-18+,41-20+,49-16-. The summed E-state index contributed by atoms with van der Waals surface area (Å²) in [5.41, 5.74) is 5.30. The molecule has 10 heteroatoms. The van der Waals surface area contributed by atoms with Gasteiger partial charge in [-0.3, -0.25) is 4.79 Å². The number of aliphatic imine (C=N–C) groups is 1. The topological polar surface area (TPSA) is 94.9 Å². The maximum atomic E-state index is 13.3. The highest BCUT2D eigenvalue weighted by molar-refractivity contribution is 6.08. The average Bonchev–Trinajstić information content (AvgIpc) is 3.18. The van der Waals surface area contributed by atoms with Gasteiger partial charge in [-0.25, -0.2) is 15.0 Å². The molecule has 57 heavy (non-hydrogen) atoms. The Morgan fingerprint density at radius 2 is 1.82 bits per heavy atom. The number of carbonyl (C=O) groups is 1. The van der Waals surface area contributed by atoms with Crippen LogP contribution in [0.25, 0.3) is 0 Å². The number of hydrogen-bond acceptors (Lipinski definition) is 8. The summed E-state index contributed by atoms with van der Waals surface area (Å²) in [6.07, 6.45) is 23.1. The molecular weight excluding hydrogens is 711 g/mol. The number of aryl methyl sites for hydroxylation is 3. The van der Waals surface area contributed by atoms with E-state index in [2.05, 4.69) is 69.3 Å². The molecular formula is C47H69N7O3. The fourth-order valence-corrected chi connectivity index (χ4v) is 6.00. The van der Waals surface area contributed by atoms with Gasteiger partial charge in [-0.15, -0.1) is 0 Å².